The molecule has 18 heavy (non-hydrogen) atoms. The highest BCUT2D eigenvalue weighted by Gasteiger charge is 2.12. The summed E-state index contributed by atoms with van der Waals surface area (Å²) in [5.74, 6) is 0.839. The molecule has 0 saturated heterocycles. The van der Waals surface area contributed by atoms with Crippen molar-refractivity contribution >= 4 is 0 Å². The summed E-state index contributed by atoms with van der Waals surface area (Å²) in [5, 5.41) is 7.65. The Morgan fingerprint density at radius 2 is 2.11 bits per heavy atom. The molecule has 0 fully saturated rings. The van der Waals surface area contributed by atoms with E-state index in [4.69, 9.17) is 4.74 Å². The fourth-order valence-electron chi connectivity index (χ4n) is 2.13. The Bertz CT molecular complexity index is 520. The zero-order valence-corrected chi connectivity index (χ0v) is 11.1. The molecule has 1 heterocycles. The van der Waals surface area contributed by atoms with Crippen LogP contribution in [0.1, 0.15) is 18.2 Å². The monoisotopic (exact) mass is 245 g/mol. The molecule has 2 rings (SSSR count). The van der Waals surface area contributed by atoms with Crippen LogP contribution in [0, 0.1) is 0 Å². The molecule has 0 aliphatic rings. The second-order valence-electron chi connectivity index (χ2n) is 4.08. The first-order valence-corrected chi connectivity index (χ1v) is 6.15. The highest BCUT2D eigenvalue weighted by atomic mass is 16.5. The van der Waals surface area contributed by atoms with Gasteiger partial charge in [-0.2, -0.15) is 5.10 Å². The van der Waals surface area contributed by atoms with Gasteiger partial charge in [-0.3, -0.25) is 0 Å². The minimum Gasteiger partial charge on any atom is -0.494 e. The first-order chi connectivity index (χ1) is 8.81. The Balaban J connectivity index is 2.50. The lowest BCUT2D eigenvalue weighted by atomic mass is 10.2. The van der Waals surface area contributed by atoms with Crippen molar-refractivity contribution in [2.75, 3.05) is 14.2 Å². The molecular weight excluding hydrogens is 226 g/mol. The van der Waals surface area contributed by atoms with Crippen molar-refractivity contribution in [3.05, 3.63) is 41.7 Å². The lowest BCUT2D eigenvalue weighted by Gasteiger charge is -2.11. The first kappa shape index (κ1) is 12.6. The third-order valence-electron chi connectivity index (χ3n) is 2.97. The molecule has 1 aromatic carbocycles. The van der Waals surface area contributed by atoms with E-state index < -0.39 is 0 Å². The number of aromatic nitrogens is 2. The maximum absolute atomic E-state index is 5.39. The van der Waals surface area contributed by atoms with Gasteiger partial charge in [0.25, 0.3) is 0 Å². The number of nitrogens with zero attached hydrogens (tertiary/aromatic N) is 2. The van der Waals surface area contributed by atoms with Gasteiger partial charge in [0.2, 0.25) is 0 Å². The Hall–Kier alpha value is -1.81. The number of methoxy groups -OCH3 is 1. The van der Waals surface area contributed by atoms with E-state index in [-0.39, 0.29) is 0 Å². The number of benzene rings is 1. The molecule has 2 aromatic rings. The van der Waals surface area contributed by atoms with Crippen molar-refractivity contribution in [1.29, 1.82) is 0 Å². The summed E-state index contributed by atoms with van der Waals surface area (Å²) >= 11 is 0. The fraction of sp³-hybridized carbons (Fsp3) is 0.357. The van der Waals surface area contributed by atoms with Crippen LogP contribution < -0.4 is 10.1 Å². The molecule has 0 saturated carbocycles. The minimum atomic E-state index is 0.832. The van der Waals surface area contributed by atoms with Gasteiger partial charge in [0, 0.05) is 17.8 Å². The van der Waals surface area contributed by atoms with Crippen LogP contribution in [0.25, 0.3) is 5.69 Å². The molecule has 1 N–H and O–H groups in total. The number of ether oxygens (including phenoxy) is 1. The first-order valence-electron chi connectivity index (χ1n) is 6.15. The van der Waals surface area contributed by atoms with Crippen LogP contribution in [0.3, 0.4) is 0 Å². The molecule has 0 radical (unpaired) electrons. The highest BCUT2D eigenvalue weighted by molar-refractivity contribution is 5.47. The summed E-state index contributed by atoms with van der Waals surface area (Å²) in [6.45, 7) is 2.97. The molecule has 0 spiro atoms. The molecule has 0 aliphatic carbocycles. The van der Waals surface area contributed by atoms with E-state index in [0.29, 0.717) is 0 Å². The van der Waals surface area contributed by atoms with Crippen LogP contribution >= 0.6 is 0 Å². The quantitative estimate of drug-likeness (QED) is 0.877. The zero-order valence-electron chi connectivity index (χ0n) is 11.1. The van der Waals surface area contributed by atoms with Gasteiger partial charge in [0.15, 0.2) is 0 Å². The smallest absolute Gasteiger partial charge is 0.144 e. The summed E-state index contributed by atoms with van der Waals surface area (Å²) in [5.41, 5.74) is 3.43. The molecule has 0 aliphatic heterocycles. The Morgan fingerprint density at radius 1 is 1.33 bits per heavy atom. The summed E-state index contributed by atoms with van der Waals surface area (Å²) in [6.07, 6.45) is 2.86. The van der Waals surface area contributed by atoms with Crippen molar-refractivity contribution in [3.63, 3.8) is 0 Å². The van der Waals surface area contributed by atoms with E-state index in [2.05, 4.69) is 17.3 Å². The number of para-hydroxylation sites is 2. The van der Waals surface area contributed by atoms with Crippen LogP contribution in [0.5, 0.6) is 5.75 Å². The lowest BCUT2D eigenvalue weighted by Crippen LogP contribution is -2.09. The molecule has 0 amide bonds. The van der Waals surface area contributed by atoms with E-state index in [1.54, 1.807) is 7.11 Å². The molecule has 4 nitrogen and oxygen atoms in total. The third-order valence-corrected chi connectivity index (χ3v) is 2.97. The van der Waals surface area contributed by atoms with Crippen molar-refractivity contribution in [1.82, 2.24) is 15.1 Å². The van der Waals surface area contributed by atoms with E-state index in [0.717, 1.165) is 24.4 Å². The molecule has 0 bridgehead atoms. The SMILES string of the molecule is CCc1c(CNC)cnn1-c1ccccc1OC. The van der Waals surface area contributed by atoms with E-state index in [1.807, 2.05) is 42.2 Å². The fourth-order valence-corrected chi connectivity index (χ4v) is 2.13. The maximum Gasteiger partial charge on any atom is 0.144 e. The van der Waals surface area contributed by atoms with Gasteiger partial charge in [0.05, 0.1) is 13.3 Å². The number of rotatable bonds is 5. The molecular formula is C14H19N3O. The van der Waals surface area contributed by atoms with Crippen LogP contribution in [-0.2, 0) is 13.0 Å². The predicted molar refractivity (Wildman–Crippen MR) is 72.3 cm³/mol. The van der Waals surface area contributed by atoms with Crippen molar-refractivity contribution in [3.8, 4) is 11.4 Å². The second kappa shape index (κ2) is 5.69. The van der Waals surface area contributed by atoms with E-state index in [1.165, 1.54) is 11.3 Å². The van der Waals surface area contributed by atoms with Gasteiger partial charge < -0.3 is 10.1 Å². The zero-order chi connectivity index (χ0) is 13.0. The summed E-state index contributed by atoms with van der Waals surface area (Å²) in [6, 6.07) is 7.94. The Kier molecular flexibility index (Phi) is 3.99. The number of hydrogen-bond donors (Lipinski definition) is 1. The lowest BCUT2D eigenvalue weighted by molar-refractivity contribution is 0.411. The van der Waals surface area contributed by atoms with Crippen LogP contribution in [0.2, 0.25) is 0 Å². The van der Waals surface area contributed by atoms with Gasteiger partial charge >= 0.3 is 0 Å². The van der Waals surface area contributed by atoms with E-state index in [9.17, 15) is 0 Å². The van der Waals surface area contributed by atoms with E-state index >= 15 is 0 Å². The Labute approximate surface area is 108 Å². The summed E-state index contributed by atoms with van der Waals surface area (Å²) in [7, 11) is 3.63. The normalized spacial score (nSPS) is 10.6. The molecule has 96 valence electrons. The number of hydrogen-bond acceptors (Lipinski definition) is 3. The second-order valence-corrected chi connectivity index (χ2v) is 4.08. The number of nitrogens with one attached hydrogen (secondary N) is 1. The largest absolute Gasteiger partial charge is 0.494 e. The average molecular weight is 245 g/mol. The molecule has 0 atom stereocenters. The summed E-state index contributed by atoms with van der Waals surface area (Å²) < 4.78 is 7.36. The molecule has 4 heteroatoms. The third kappa shape index (κ3) is 2.24. The van der Waals surface area contributed by atoms with Crippen LogP contribution in [0.15, 0.2) is 30.5 Å². The summed E-state index contributed by atoms with van der Waals surface area (Å²) in [4.78, 5) is 0. The topological polar surface area (TPSA) is 39.1 Å². The Morgan fingerprint density at radius 3 is 2.78 bits per heavy atom. The maximum atomic E-state index is 5.39. The minimum absolute atomic E-state index is 0.832. The van der Waals surface area contributed by atoms with Gasteiger partial charge in [0.1, 0.15) is 11.4 Å². The highest BCUT2D eigenvalue weighted by Crippen LogP contribution is 2.24. The molecule has 1 aromatic heterocycles. The average Bonchev–Trinajstić information content (AvgIpc) is 2.81. The predicted octanol–water partition coefficient (Wildman–Crippen LogP) is 2.16. The van der Waals surface area contributed by atoms with Gasteiger partial charge in [-0.1, -0.05) is 19.1 Å². The van der Waals surface area contributed by atoms with Gasteiger partial charge in [-0.25, -0.2) is 4.68 Å². The van der Waals surface area contributed by atoms with Crippen LogP contribution in [0.4, 0.5) is 0 Å². The van der Waals surface area contributed by atoms with Crippen molar-refractivity contribution < 1.29 is 4.74 Å². The van der Waals surface area contributed by atoms with Gasteiger partial charge in [-0.15, -0.1) is 0 Å². The van der Waals surface area contributed by atoms with Gasteiger partial charge in [-0.05, 0) is 25.6 Å². The standard InChI is InChI=1S/C14H19N3O/c1-4-12-11(9-15-2)10-16-17(12)13-7-5-6-8-14(13)18-3/h5-8,10,15H,4,9H2,1-3H3. The van der Waals surface area contributed by atoms with Crippen molar-refractivity contribution in [2.24, 2.45) is 0 Å². The van der Waals surface area contributed by atoms with Crippen LogP contribution in [-0.4, -0.2) is 23.9 Å². The molecule has 0 unspecified atom stereocenters. The van der Waals surface area contributed by atoms with Crippen molar-refractivity contribution in [2.45, 2.75) is 19.9 Å².